The van der Waals surface area contributed by atoms with Crippen molar-refractivity contribution in [1.29, 1.82) is 0 Å². The third kappa shape index (κ3) is 4.14. The van der Waals surface area contributed by atoms with Gasteiger partial charge in [-0.15, -0.1) is 0 Å². The minimum atomic E-state index is -1.00. The Morgan fingerprint density at radius 3 is 2.35 bits per heavy atom. The predicted octanol–water partition coefficient (Wildman–Crippen LogP) is 3.59. The molecule has 1 heterocycles. The highest BCUT2D eigenvalue weighted by Gasteiger charge is 2.55. The standard InChI is InChI=1S/C23H23N4O4/c1-15-4-2-3-5-19(15)25-21(30)24-17-8-6-16(7-9-17)14-27-22(31)26-20(29)23(27)12-10-18(28)11-13-23/h2-9H,10-14H2,1H3,(H2,24,25,30). The number of hydrogen-bond acceptors (Lipinski definition) is 4. The fraction of sp³-hybridized carbons (Fsp3) is 0.304. The zero-order chi connectivity index (χ0) is 22.0. The molecule has 8 heteroatoms. The topological polar surface area (TPSA) is 110 Å². The molecule has 2 aromatic rings. The van der Waals surface area contributed by atoms with Gasteiger partial charge in [0.1, 0.15) is 11.3 Å². The molecule has 31 heavy (non-hydrogen) atoms. The molecule has 2 fully saturated rings. The van der Waals surface area contributed by atoms with Gasteiger partial charge in [0.25, 0.3) is 5.91 Å². The number of nitrogens with one attached hydrogen (secondary N) is 2. The van der Waals surface area contributed by atoms with Crippen LogP contribution in [0, 0.1) is 6.92 Å². The number of carbonyl (C=O) groups excluding carboxylic acids is 4. The van der Waals surface area contributed by atoms with Crippen LogP contribution >= 0.6 is 0 Å². The van der Waals surface area contributed by atoms with E-state index in [4.69, 9.17) is 0 Å². The molecule has 0 atom stereocenters. The molecule has 1 spiro atoms. The lowest BCUT2D eigenvalue weighted by Gasteiger charge is -2.37. The normalized spacial score (nSPS) is 17.6. The summed E-state index contributed by atoms with van der Waals surface area (Å²) in [6, 6.07) is 13.6. The van der Waals surface area contributed by atoms with Crippen LogP contribution in [0.15, 0.2) is 48.5 Å². The van der Waals surface area contributed by atoms with Crippen molar-refractivity contribution in [3.8, 4) is 0 Å². The van der Waals surface area contributed by atoms with Crippen molar-refractivity contribution in [3.05, 3.63) is 59.7 Å². The van der Waals surface area contributed by atoms with E-state index in [1.54, 1.807) is 24.3 Å². The Kier molecular flexibility index (Phi) is 5.46. The summed E-state index contributed by atoms with van der Waals surface area (Å²) >= 11 is 0. The summed E-state index contributed by atoms with van der Waals surface area (Å²) in [5, 5.41) is 9.22. The number of imide groups is 1. The Labute approximate surface area is 180 Å². The van der Waals surface area contributed by atoms with E-state index in [9.17, 15) is 19.2 Å². The van der Waals surface area contributed by atoms with Gasteiger partial charge in [-0.25, -0.2) is 9.59 Å². The molecular formula is C23H23N4O4. The SMILES string of the molecule is Cc1ccccc1NC(=O)Nc1ccc(CN2C(=O)[N]C(=O)C23CCC(=O)CC3)cc1. The monoisotopic (exact) mass is 419 g/mol. The van der Waals surface area contributed by atoms with E-state index in [-0.39, 0.29) is 31.2 Å². The lowest BCUT2D eigenvalue weighted by molar-refractivity contribution is -0.132. The second kappa shape index (κ2) is 8.22. The van der Waals surface area contributed by atoms with Crippen LogP contribution in [0.1, 0.15) is 36.8 Å². The van der Waals surface area contributed by atoms with Gasteiger partial charge < -0.3 is 15.5 Å². The molecule has 1 saturated heterocycles. The van der Waals surface area contributed by atoms with Crippen molar-refractivity contribution in [3.63, 3.8) is 0 Å². The summed E-state index contributed by atoms with van der Waals surface area (Å²) in [4.78, 5) is 50.1. The highest BCUT2D eigenvalue weighted by molar-refractivity contribution is 6.07. The number of anilines is 2. The van der Waals surface area contributed by atoms with Crippen LogP contribution in [0.5, 0.6) is 0 Å². The van der Waals surface area contributed by atoms with Crippen LogP contribution in [0.2, 0.25) is 0 Å². The summed E-state index contributed by atoms with van der Waals surface area (Å²) in [6.45, 7) is 2.13. The molecule has 8 nitrogen and oxygen atoms in total. The second-order valence-electron chi connectivity index (χ2n) is 7.95. The van der Waals surface area contributed by atoms with Crippen molar-refractivity contribution in [1.82, 2.24) is 10.2 Å². The van der Waals surface area contributed by atoms with Gasteiger partial charge in [-0.2, -0.15) is 5.32 Å². The molecule has 2 aromatic carbocycles. The summed E-state index contributed by atoms with van der Waals surface area (Å²) in [5.41, 5.74) is 2.09. The number of nitrogens with zero attached hydrogens (tertiary/aromatic N) is 2. The van der Waals surface area contributed by atoms with Gasteiger partial charge in [0, 0.05) is 30.8 Å². The minimum Gasteiger partial charge on any atom is -0.308 e. The molecule has 2 N–H and O–H groups in total. The number of urea groups is 2. The zero-order valence-corrected chi connectivity index (χ0v) is 17.2. The van der Waals surface area contributed by atoms with Gasteiger partial charge in [0.05, 0.1) is 0 Å². The summed E-state index contributed by atoms with van der Waals surface area (Å²) in [7, 11) is 0. The summed E-state index contributed by atoms with van der Waals surface area (Å²) in [6.07, 6.45) is 1.20. The molecule has 0 bridgehead atoms. The largest absolute Gasteiger partial charge is 0.347 e. The lowest BCUT2D eigenvalue weighted by Crippen LogP contribution is -2.51. The van der Waals surface area contributed by atoms with Crippen molar-refractivity contribution in [2.24, 2.45) is 0 Å². The number of rotatable bonds is 4. The second-order valence-corrected chi connectivity index (χ2v) is 7.95. The van der Waals surface area contributed by atoms with E-state index in [0.717, 1.165) is 16.8 Å². The Balaban J connectivity index is 1.41. The lowest BCUT2D eigenvalue weighted by atomic mass is 9.80. The molecule has 0 aromatic heterocycles. The molecule has 1 aliphatic carbocycles. The number of hydrogen-bond donors (Lipinski definition) is 2. The first-order chi connectivity index (χ1) is 14.9. The van der Waals surface area contributed by atoms with Gasteiger partial charge in [0.2, 0.25) is 0 Å². The summed E-state index contributed by atoms with van der Waals surface area (Å²) in [5.74, 6) is -0.340. The Morgan fingerprint density at radius 1 is 1.00 bits per heavy atom. The molecule has 1 aliphatic heterocycles. The van der Waals surface area contributed by atoms with E-state index in [1.807, 2.05) is 31.2 Å². The number of Topliss-reactive ketones (excluding diaryl/α,β-unsaturated/α-hetero) is 1. The first-order valence-corrected chi connectivity index (χ1v) is 10.2. The maximum atomic E-state index is 12.4. The number of aryl methyl sites for hydroxylation is 1. The molecule has 1 saturated carbocycles. The van der Waals surface area contributed by atoms with Crippen molar-refractivity contribution in [2.75, 3.05) is 10.6 Å². The summed E-state index contributed by atoms with van der Waals surface area (Å²) < 4.78 is 0. The fourth-order valence-corrected chi connectivity index (χ4v) is 4.07. The van der Waals surface area contributed by atoms with E-state index in [2.05, 4.69) is 16.0 Å². The number of benzene rings is 2. The Bertz CT molecular complexity index is 1040. The van der Waals surface area contributed by atoms with Crippen LogP contribution in [0.3, 0.4) is 0 Å². The van der Waals surface area contributed by atoms with Gasteiger partial charge >= 0.3 is 12.1 Å². The van der Waals surface area contributed by atoms with Crippen LogP contribution < -0.4 is 16.0 Å². The van der Waals surface area contributed by atoms with E-state index in [1.165, 1.54) is 4.90 Å². The maximum Gasteiger partial charge on any atom is 0.347 e. The average molecular weight is 419 g/mol. The van der Waals surface area contributed by atoms with Crippen molar-refractivity contribution >= 4 is 35.1 Å². The van der Waals surface area contributed by atoms with Crippen LogP contribution in [0.25, 0.3) is 0 Å². The Hall–Kier alpha value is -3.68. The number of para-hydroxylation sites is 1. The minimum absolute atomic E-state index is 0.108. The maximum absolute atomic E-state index is 12.4. The third-order valence-corrected chi connectivity index (χ3v) is 5.92. The molecule has 1 radical (unpaired) electrons. The predicted molar refractivity (Wildman–Crippen MR) is 115 cm³/mol. The van der Waals surface area contributed by atoms with Gasteiger partial charge in [-0.1, -0.05) is 30.3 Å². The van der Waals surface area contributed by atoms with Crippen LogP contribution in [0.4, 0.5) is 21.0 Å². The first-order valence-electron chi connectivity index (χ1n) is 10.2. The number of carbonyl (C=O) groups is 4. The first kappa shape index (κ1) is 20.6. The highest BCUT2D eigenvalue weighted by Crippen LogP contribution is 2.37. The van der Waals surface area contributed by atoms with E-state index in [0.29, 0.717) is 18.5 Å². The molecule has 0 unspecified atom stereocenters. The van der Waals surface area contributed by atoms with Crippen molar-refractivity contribution in [2.45, 2.75) is 44.7 Å². The molecule has 159 valence electrons. The highest BCUT2D eigenvalue weighted by atomic mass is 16.2. The smallest absolute Gasteiger partial charge is 0.308 e. The number of amides is 5. The molecule has 5 amide bonds. The Morgan fingerprint density at radius 2 is 1.68 bits per heavy atom. The number of ketones is 1. The van der Waals surface area contributed by atoms with Crippen LogP contribution in [-0.2, 0) is 16.1 Å². The quantitative estimate of drug-likeness (QED) is 0.738. The van der Waals surface area contributed by atoms with Crippen molar-refractivity contribution < 1.29 is 19.2 Å². The average Bonchev–Trinajstić information content (AvgIpc) is 2.97. The van der Waals surface area contributed by atoms with E-state index >= 15 is 0 Å². The van der Waals surface area contributed by atoms with Crippen LogP contribution in [-0.4, -0.2) is 34.2 Å². The van der Waals surface area contributed by atoms with Gasteiger partial charge in [-0.05, 0) is 49.1 Å². The molecule has 4 rings (SSSR count). The zero-order valence-electron chi connectivity index (χ0n) is 17.2. The third-order valence-electron chi connectivity index (χ3n) is 5.92. The molecule has 2 aliphatic rings. The fourth-order valence-electron chi connectivity index (χ4n) is 4.07. The van der Waals surface area contributed by atoms with Gasteiger partial charge in [0.15, 0.2) is 0 Å². The van der Waals surface area contributed by atoms with Gasteiger partial charge in [-0.3, -0.25) is 9.59 Å². The van der Waals surface area contributed by atoms with E-state index < -0.39 is 17.5 Å². The molecular weight excluding hydrogens is 396 g/mol.